The zero-order valence-electron chi connectivity index (χ0n) is 11.1. The van der Waals surface area contributed by atoms with Crippen LogP contribution >= 0.6 is 0 Å². The largest absolute Gasteiger partial charge is 0.304 e. The number of piperidine rings is 1. The van der Waals surface area contributed by atoms with Crippen molar-refractivity contribution in [3.8, 4) is 0 Å². The van der Waals surface area contributed by atoms with Crippen LogP contribution in [0.25, 0.3) is 0 Å². The Morgan fingerprint density at radius 3 is 1.79 bits per heavy atom. The predicted octanol–water partition coefficient (Wildman–Crippen LogP) is 3.79. The van der Waals surface area contributed by atoms with Crippen molar-refractivity contribution in [1.29, 1.82) is 0 Å². The molecule has 1 fully saturated rings. The molecule has 0 amide bonds. The molecule has 0 aromatic heterocycles. The Labute approximate surface area is 90.9 Å². The number of likely N-dealkylation sites (tertiary alicyclic amines) is 1. The van der Waals surface area contributed by atoms with E-state index in [1.54, 1.807) is 0 Å². The van der Waals surface area contributed by atoms with E-state index in [9.17, 15) is 0 Å². The first-order valence-electron chi connectivity index (χ1n) is 6.26. The Morgan fingerprint density at radius 2 is 1.50 bits per heavy atom. The molecule has 1 heterocycles. The lowest BCUT2D eigenvalue weighted by atomic mass is 9.75. The van der Waals surface area contributed by atoms with Crippen molar-refractivity contribution in [3.63, 3.8) is 0 Å². The maximum Gasteiger partial charge on any atom is -0.00160 e. The zero-order valence-corrected chi connectivity index (χ0v) is 11.1. The fourth-order valence-corrected chi connectivity index (χ4v) is 2.12. The van der Waals surface area contributed by atoms with E-state index < -0.39 is 0 Å². The molecule has 0 aromatic carbocycles. The molecule has 0 unspecified atom stereocenters. The van der Waals surface area contributed by atoms with E-state index in [1.165, 1.54) is 32.5 Å². The topological polar surface area (TPSA) is 3.24 Å². The summed E-state index contributed by atoms with van der Waals surface area (Å²) in [7, 11) is 0. The van der Waals surface area contributed by atoms with Gasteiger partial charge in [-0.1, -0.05) is 41.5 Å². The van der Waals surface area contributed by atoms with Crippen molar-refractivity contribution in [2.45, 2.75) is 54.4 Å². The highest BCUT2D eigenvalue weighted by molar-refractivity contribution is 4.79. The lowest BCUT2D eigenvalue weighted by Crippen LogP contribution is -2.37. The van der Waals surface area contributed by atoms with E-state index in [4.69, 9.17) is 0 Å². The lowest BCUT2D eigenvalue weighted by Gasteiger charge is -2.38. The average molecular weight is 199 g/mol. The quantitative estimate of drug-likeness (QED) is 0.621. The third kappa shape index (κ3) is 4.45. The summed E-state index contributed by atoms with van der Waals surface area (Å²) in [4.78, 5) is 2.56. The van der Waals surface area contributed by atoms with Crippen molar-refractivity contribution in [1.82, 2.24) is 4.90 Å². The maximum atomic E-state index is 2.56. The van der Waals surface area contributed by atoms with Crippen LogP contribution in [0.5, 0.6) is 0 Å². The Bertz CT molecular complexity index is 127. The molecular weight excluding hydrogens is 170 g/mol. The van der Waals surface area contributed by atoms with E-state index in [0.717, 1.165) is 5.92 Å². The molecule has 0 atom stereocenters. The van der Waals surface area contributed by atoms with Gasteiger partial charge in [-0.25, -0.2) is 0 Å². The maximum absolute atomic E-state index is 2.56. The summed E-state index contributed by atoms with van der Waals surface area (Å²) in [5.74, 6) is 0.945. The van der Waals surface area contributed by atoms with Crippen LogP contribution < -0.4 is 0 Å². The second-order valence-electron chi connectivity index (χ2n) is 5.07. The van der Waals surface area contributed by atoms with Crippen LogP contribution in [0.3, 0.4) is 0 Å². The Morgan fingerprint density at radius 1 is 1.07 bits per heavy atom. The molecule has 0 bridgehead atoms. The van der Waals surface area contributed by atoms with Gasteiger partial charge in [-0.15, -0.1) is 0 Å². The van der Waals surface area contributed by atoms with E-state index in [0.29, 0.717) is 5.41 Å². The minimum atomic E-state index is 0.528. The molecule has 0 N–H and O–H groups in total. The van der Waals surface area contributed by atoms with Gasteiger partial charge >= 0.3 is 0 Å². The normalized spacial score (nSPS) is 20.1. The third-order valence-corrected chi connectivity index (χ3v) is 3.26. The standard InChI is InChI=1S/C11H23N.C2H6/c1-5-12-8-6-10(7-9-12)11(2,3)4;1-2/h10H,5-9H2,1-4H3;1-2H3. The first-order chi connectivity index (χ1) is 6.54. The van der Waals surface area contributed by atoms with Crippen LogP contribution in [0.15, 0.2) is 0 Å². The monoisotopic (exact) mass is 199 g/mol. The van der Waals surface area contributed by atoms with Gasteiger partial charge in [-0.3, -0.25) is 0 Å². The summed E-state index contributed by atoms with van der Waals surface area (Å²) in [6.07, 6.45) is 2.80. The van der Waals surface area contributed by atoms with Gasteiger partial charge in [0.1, 0.15) is 0 Å². The average Bonchev–Trinajstić information content (AvgIpc) is 2.20. The van der Waals surface area contributed by atoms with Crippen LogP contribution in [-0.4, -0.2) is 24.5 Å². The third-order valence-electron chi connectivity index (χ3n) is 3.26. The molecule has 0 aliphatic carbocycles. The Kier molecular flexibility index (Phi) is 6.43. The summed E-state index contributed by atoms with van der Waals surface area (Å²) >= 11 is 0. The molecule has 1 saturated heterocycles. The van der Waals surface area contributed by atoms with Crippen LogP contribution in [0.1, 0.15) is 54.4 Å². The molecule has 1 aliphatic heterocycles. The van der Waals surface area contributed by atoms with Crippen LogP contribution in [-0.2, 0) is 0 Å². The molecule has 1 heteroatoms. The summed E-state index contributed by atoms with van der Waals surface area (Å²) in [6.45, 7) is 17.3. The predicted molar refractivity (Wildman–Crippen MR) is 65.6 cm³/mol. The minimum Gasteiger partial charge on any atom is -0.304 e. The summed E-state index contributed by atoms with van der Waals surface area (Å²) < 4.78 is 0. The molecule has 0 radical (unpaired) electrons. The smallest absolute Gasteiger partial charge is 0.00160 e. The highest BCUT2D eigenvalue weighted by Gasteiger charge is 2.27. The van der Waals surface area contributed by atoms with E-state index in [-0.39, 0.29) is 0 Å². The minimum absolute atomic E-state index is 0.528. The van der Waals surface area contributed by atoms with Crippen molar-refractivity contribution in [2.75, 3.05) is 19.6 Å². The van der Waals surface area contributed by atoms with Crippen molar-refractivity contribution < 1.29 is 0 Å². The Balaban J connectivity index is 0.000000791. The number of hydrogen-bond donors (Lipinski definition) is 0. The van der Waals surface area contributed by atoms with Crippen molar-refractivity contribution in [3.05, 3.63) is 0 Å². The first kappa shape index (κ1) is 14.0. The van der Waals surface area contributed by atoms with Gasteiger partial charge in [0, 0.05) is 0 Å². The van der Waals surface area contributed by atoms with Gasteiger partial charge in [0.25, 0.3) is 0 Å². The van der Waals surface area contributed by atoms with Gasteiger partial charge in [0.2, 0.25) is 0 Å². The molecule has 0 saturated carbocycles. The molecule has 1 nitrogen and oxygen atoms in total. The van der Waals surface area contributed by atoms with Gasteiger partial charge in [-0.05, 0) is 43.8 Å². The highest BCUT2D eigenvalue weighted by Crippen LogP contribution is 2.33. The number of rotatable bonds is 1. The van der Waals surface area contributed by atoms with Crippen LogP contribution in [0.2, 0.25) is 0 Å². The van der Waals surface area contributed by atoms with E-state index >= 15 is 0 Å². The molecular formula is C13H29N. The van der Waals surface area contributed by atoms with Gasteiger partial charge in [-0.2, -0.15) is 0 Å². The molecule has 0 aromatic rings. The molecule has 1 aliphatic rings. The lowest BCUT2D eigenvalue weighted by molar-refractivity contribution is 0.116. The van der Waals surface area contributed by atoms with E-state index in [2.05, 4.69) is 32.6 Å². The van der Waals surface area contributed by atoms with Gasteiger partial charge < -0.3 is 4.90 Å². The van der Waals surface area contributed by atoms with Crippen LogP contribution in [0, 0.1) is 11.3 Å². The van der Waals surface area contributed by atoms with Crippen molar-refractivity contribution in [2.24, 2.45) is 11.3 Å². The summed E-state index contributed by atoms with van der Waals surface area (Å²) in [6, 6.07) is 0. The summed E-state index contributed by atoms with van der Waals surface area (Å²) in [5, 5.41) is 0. The van der Waals surface area contributed by atoms with Gasteiger partial charge in [0.05, 0.1) is 0 Å². The first-order valence-corrected chi connectivity index (χ1v) is 6.26. The molecule has 1 rings (SSSR count). The van der Waals surface area contributed by atoms with Crippen LogP contribution in [0.4, 0.5) is 0 Å². The molecule has 0 spiro atoms. The number of nitrogens with zero attached hydrogens (tertiary/aromatic N) is 1. The zero-order chi connectivity index (χ0) is 11.2. The SMILES string of the molecule is CC.CCN1CCC(C(C)(C)C)CC1. The summed E-state index contributed by atoms with van der Waals surface area (Å²) in [5.41, 5.74) is 0.528. The second-order valence-corrected chi connectivity index (χ2v) is 5.07. The van der Waals surface area contributed by atoms with Gasteiger partial charge in [0.15, 0.2) is 0 Å². The molecule has 86 valence electrons. The fourth-order valence-electron chi connectivity index (χ4n) is 2.12. The van der Waals surface area contributed by atoms with Crippen molar-refractivity contribution >= 4 is 0 Å². The second kappa shape index (κ2) is 6.44. The Hall–Kier alpha value is -0.0400. The molecule has 14 heavy (non-hydrogen) atoms. The highest BCUT2D eigenvalue weighted by atomic mass is 15.1. The van der Waals surface area contributed by atoms with E-state index in [1.807, 2.05) is 13.8 Å². The number of hydrogen-bond acceptors (Lipinski definition) is 1. The fraction of sp³-hybridized carbons (Fsp3) is 1.00.